The molecule has 108 valence electrons. The minimum atomic E-state index is 0.0594. The van der Waals surface area contributed by atoms with Crippen LogP contribution < -0.4 is 0 Å². The summed E-state index contributed by atoms with van der Waals surface area (Å²) in [5.74, 6) is 0.345. The number of alkyl halides is 2. The Labute approximate surface area is 126 Å². The topological polar surface area (TPSA) is 23.5 Å². The van der Waals surface area contributed by atoms with Crippen molar-refractivity contribution in [3.8, 4) is 5.75 Å². The molecule has 0 aliphatic rings. The fourth-order valence-electron chi connectivity index (χ4n) is 2.14. The number of aromatic hydroxyl groups is 1. The van der Waals surface area contributed by atoms with E-state index in [0.29, 0.717) is 12.3 Å². The van der Waals surface area contributed by atoms with E-state index in [2.05, 4.69) is 11.8 Å². The summed E-state index contributed by atoms with van der Waals surface area (Å²) in [4.78, 5) is 2.18. The molecule has 0 bridgehead atoms. The molecule has 4 heteroatoms. The number of benzene rings is 1. The van der Waals surface area contributed by atoms with Crippen molar-refractivity contribution < 1.29 is 5.11 Å². The first-order valence-electron chi connectivity index (χ1n) is 6.59. The molecule has 0 saturated heterocycles. The predicted molar refractivity (Wildman–Crippen MR) is 83.5 cm³/mol. The molecule has 1 rings (SSSR count). The minimum Gasteiger partial charge on any atom is -0.508 e. The number of phenolic OH excluding ortho intramolecular Hbond substituents is 1. The highest BCUT2D eigenvalue weighted by atomic mass is 35.5. The molecule has 1 N–H and O–H groups in total. The van der Waals surface area contributed by atoms with Crippen molar-refractivity contribution >= 4 is 23.2 Å². The van der Waals surface area contributed by atoms with Crippen molar-refractivity contribution in [3.63, 3.8) is 0 Å². The van der Waals surface area contributed by atoms with Crippen LogP contribution in [-0.4, -0.2) is 33.9 Å². The lowest BCUT2D eigenvalue weighted by molar-refractivity contribution is 0.266. The molecule has 0 aliphatic heterocycles. The lowest BCUT2D eigenvalue weighted by Gasteiger charge is -2.25. The van der Waals surface area contributed by atoms with Gasteiger partial charge in [-0.2, -0.15) is 0 Å². The third-order valence-corrected chi connectivity index (χ3v) is 3.38. The molecule has 0 saturated carbocycles. The van der Waals surface area contributed by atoms with E-state index in [1.54, 1.807) is 0 Å². The van der Waals surface area contributed by atoms with Gasteiger partial charge < -0.3 is 5.11 Å². The van der Waals surface area contributed by atoms with Gasteiger partial charge in [0.1, 0.15) is 5.75 Å². The molecule has 2 atom stereocenters. The van der Waals surface area contributed by atoms with E-state index in [0.717, 1.165) is 24.2 Å². The first kappa shape index (κ1) is 16.6. The fourth-order valence-corrected chi connectivity index (χ4v) is 2.53. The van der Waals surface area contributed by atoms with Crippen LogP contribution in [0.15, 0.2) is 12.1 Å². The summed E-state index contributed by atoms with van der Waals surface area (Å²) >= 11 is 12.1. The van der Waals surface area contributed by atoms with Crippen LogP contribution in [-0.2, 0) is 6.54 Å². The van der Waals surface area contributed by atoms with Crippen LogP contribution in [0.1, 0.15) is 30.5 Å². The van der Waals surface area contributed by atoms with Crippen LogP contribution in [0.2, 0.25) is 0 Å². The smallest absolute Gasteiger partial charge is 0.120 e. The molecule has 0 radical (unpaired) electrons. The SMILES string of the molecule is Cc1cc(O)c(CN(C[C@H](C)Cl)C[C@@H](C)Cl)cc1C. The van der Waals surface area contributed by atoms with E-state index in [9.17, 15) is 5.11 Å². The van der Waals surface area contributed by atoms with Crippen molar-refractivity contribution in [2.24, 2.45) is 0 Å². The summed E-state index contributed by atoms with van der Waals surface area (Å²) in [6.45, 7) is 10.2. The van der Waals surface area contributed by atoms with Gasteiger partial charge >= 0.3 is 0 Å². The number of nitrogens with zero attached hydrogens (tertiary/aromatic N) is 1. The predicted octanol–water partition coefficient (Wildman–Crippen LogP) is 4.07. The van der Waals surface area contributed by atoms with Gasteiger partial charge in [-0.25, -0.2) is 0 Å². The van der Waals surface area contributed by atoms with E-state index in [4.69, 9.17) is 23.2 Å². The van der Waals surface area contributed by atoms with Crippen LogP contribution in [0.3, 0.4) is 0 Å². The third-order valence-electron chi connectivity index (χ3n) is 3.11. The van der Waals surface area contributed by atoms with Crippen LogP contribution >= 0.6 is 23.2 Å². The lowest BCUT2D eigenvalue weighted by Crippen LogP contribution is -2.33. The molecular formula is C15H23Cl2NO. The average Bonchev–Trinajstić information content (AvgIpc) is 2.23. The van der Waals surface area contributed by atoms with Crippen molar-refractivity contribution in [1.82, 2.24) is 4.90 Å². The second-order valence-electron chi connectivity index (χ2n) is 5.32. The van der Waals surface area contributed by atoms with Crippen LogP contribution in [0, 0.1) is 13.8 Å². The molecule has 0 heterocycles. The Bertz CT molecular complexity index is 409. The Morgan fingerprint density at radius 2 is 1.53 bits per heavy atom. The van der Waals surface area contributed by atoms with E-state index in [-0.39, 0.29) is 10.8 Å². The largest absolute Gasteiger partial charge is 0.508 e. The average molecular weight is 304 g/mol. The van der Waals surface area contributed by atoms with Gasteiger partial charge in [0.2, 0.25) is 0 Å². The summed E-state index contributed by atoms with van der Waals surface area (Å²) in [5.41, 5.74) is 3.22. The second kappa shape index (κ2) is 7.37. The maximum atomic E-state index is 10.0. The van der Waals surface area contributed by atoms with Gasteiger partial charge in [0, 0.05) is 36.0 Å². The lowest BCUT2D eigenvalue weighted by atomic mass is 10.0. The van der Waals surface area contributed by atoms with Crippen molar-refractivity contribution in [2.45, 2.75) is 45.0 Å². The molecule has 1 aromatic rings. The number of halogens is 2. The summed E-state index contributed by atoms with van der Waals surface area (Å²) < 4.78 is 0. The first-order chi connectivity index (χ1) is 8.79. The molecular weight excluding hydrogens is 281 g/mol. The molecule has 0 aromatic heterocycles. The van der Waals surface area contributed by atoms with Crippen molar-refractivity contribution in [2.75, 3.05) is 13.1 Å². The molecule has 2 nitrogen and oxygen atoms in total. The van der Waals surface area contributed by atoms with Gasteiger partial charge in [-0.1, -0.05) is 6.07 Å². The summed E-state index contributed by atoms with van der Waals surface area (Å²) in [5, 5.41) is 10.2. The van der Waals surface area contributed by atoms with Crippen molar-refractivity contribution in [3.05, 3.63) is 28.8 Å². The Balaban J connectivity index is 2.86. The van der Waals surface area contributed by atoms with E-state index < -0.39 is 0 Å². The molecule has 0 amide bonds. The normalized spacial score (nSPS) is 14.7. The van der Waals surface area contributed by atoms with Gasteiger partial charge in [0.25, 0.3) is 0 Å². The summed E-state index contributed by atoms with van der Waals surface area (Å²) in [6.07, 6.45) is 0. The third kappa shape index (κ3) is 5.60. The standard InChI is InChI=1S/C15H23Cl2NO/c1-10-5-14(15(19)6-11(10)2)9-18(7-12(3)16)8-13(4)17/h5-6,12-13,19H,7-9H2,1-4H3/t12-,13+. The van der Waals surface area contributed by atoms with Crippen LogP contribution in [0.4, 0.5) is 0 Å². The summed E-state index contributed by atoms with van der Waals surface area (Å²) in [7, 11) is 0. The summed E-state index contributed by atoms with van der Waals surface area (Å²) in [6, 6.07) is 3.85. The van der Waals surface area contributed by atoms with Crippen LogP contribution in [0.25, 0.3) is 0 Å². The maximum Gasteiger partial charge on any atom is 0.120 e. The monoisotopic (exact) mass is 303 g/mol. The highest BCUT2D eigenvalue weighted by Crippen LogP contribution is 2.23. The number of aryl methyl sites for hydroxylation is 2. The molecule has 0 aliphatic carbocycles. The Hall–Kier alpha value is -0.440. The van der Waals surface area contributed by atoms with E-state index >= 15 is 0 Å². The first-order valence-corrected chi connectivity index (χ1v) is 7.46. The number of hydrogen-bond donors (Lipinski definition) is 1. The Kier molecular flexibility index (Phi) is 6.45. The highest BCUT2D eigenvalue weighted by Gasteiger charge is 2.14. The van der Waals surface area contributed by atoms with Gasteiger partial charge in [0.15, 0.2) is 0 Å². The maximum absolute atomic E-state index is 10.0. The van der Waals surface area contributed by atoms with Gasteiger partial charge in [-0.15, -0.1) is 23.2 Å². The van der Waals surface area contributed by atoms with Gasteiger partial charge in [-0.05, 0) is 44.9 Å². The number of phenols is 1. The zero-order valence-corrected chi connectivity index (χ0v) is 13.6. The van der Waals surface area contributed by atoms with Crippen molar-refractivity contribution in [1.29, 1.82) is 0 Å². The zero-order valence-electron chi connectivity index (χ0n) is 12.1. The van der Waals surface area contributed by atoms with Gasteiger partial charge in [-0.3, -0.25) is 4.90 Å². The molecule has 1 aromatic carbocycles. The fraction of sp³-hybridized carbons (Fsp3) is 0.600. The second-order valence-corrected chi connectivity index (χ2v) is 6.81. The number of rotatable bonds is 6. The zero-order chi connectivity index (χ0) is 14.6. The molecule has 0 spiro atoms. The molecule has 19 heavy (non-hydrogen) atoms. The van der Waals surface area contributed by atoms with Crippen LogP contribution in [0.5, 0.6) is 5.75 Å². The van der Waals surface area contributed by atoms with Gasteiger partial charge in [0.05, 0.1) is 0 Å². The van der Waals surface area contributed by atoms with E-state index in [1.165, 1.54) is 5.56 Å². The molecule has 0 unspecified atom stereocenters. The minimum absolute atomic E-state index is 0.0594. The molecule has 0 fully saturated rings. The highest BCUT2D eigenvalue weighted by molar-refractivity contribution is 6.21. The quantitative estimate of drug-likeness (QED) is 0.801. The number of hydrogen-bond acceptors (Lipinski definition) is 2. The Morgan fingerprint density at radius 1 is 1.05 bits per heavy atom. The Morgan fingerprint density at radius 3 is 2.00 bits per heavy atom. The van der Waals surface area contributed by atoms with E-state index in [1.807, 2.05) is 32.9 Å².